The number of ether oxygens (including phenoxy) is 1. The summed E-state index contributed by atoms with van der Waals surface area (Å²) < 4.78 is 21.8. The Kier molecular flexibility index (Phi) is 9.08. The number of amides is 2. The number of hydrogen-bond acceptors (Lipinski definition) is 7. The summed E-state index contributed by atoms with van der Waals surface area (Å²) in [6, 6.07) is 12.1. The van der Waals surface area contributed by atoms with E-state index in [0.29, 0.717) is 43.1 Å². The smallest absolute Gasteiger partial charge is 0.410 e. The Bertz CT molecular complexity index is 1500. The van der Waals surface area contributed by atoms with E-state index in [0.717, 1.165) is 31.9 Å². The van der Waals surface area contributed by atoms with Crippen molar-refractivity contribution in [3.63, 3.8) is 0 Å². The van der Waals surface area contributed by atoms with Crippen molar-refractivity contribution in [1.82, 2.24) is 24.8 Å². The quantitative estimate of drug-likeness (QED) is 0.418. The van der Waals surface area contributed by atoms with E-state index in [9.17, 15) is 18.8 Å². The molecule has 0 unspecified atom stereocenters. The van der Waals surface area contributed by atoms with E-state index in [-0.39, 0.29) is 41.3 Å². The van der Waals surface area contributed by atoms with Crippen molar-refractivity contribution in [3.8, 4) is 16.9 Å². The van der Waals surface area contributed by atoms with Gasteiger partial charge in [0.2, 0.25) is 11.9 Å². The number of piperidine rings is 1. The fourth-order valence-electron chi connectivity index (χ4n) is 5.62. The summed E-state index contributed by atoms with van der Waals surface area (Å²) in [5, 5.41) is 6.55. The summed E-state index contributed by atoms with van der Waals surface area (Å²) >= 11 is 0. The first-order valence-corrected chi connectivity index (χ1v) is 14.9. The van der Waals surface area contributed by atoms with Crippen molar-refractivity contribution in [2.45, 2.75) is 77.0 Å². The van der Waals surface area contributed by atoms with Gasteiger partial charge in [0.05, 0.1) is 6.20 Å². The van der Waals surface area contributed by atoms with E-state index in [1.165, 1.54) is 10.6 Å². The molecule has 3 heterocycles. The van der Waals surface area contributed by atoms with Gasteiger partial charge in [0.1, 0.15) is 11.3 Å². The molecule has 0 bridgehead atoms. The van der Waals surface area contributed by atoms with Crippen LogP contribution in [0.25, 0.3) is 16.9 Å². The SMILES string of the molecule is CC(C)(C)OC(=O)N1CCC(C(=O)NC2CCC(Nc3ncc(F)c(-c4cccc(-n5ccccc5=O)c4)n3)CC2)CC1. The molecule has 3 aromatic rings. The molecule has 2 amide bonds. The van der Waals surface area contributed by atoms with Crippen LogP contribution in [0, 0.1) is 11.7 Å². The predicted octanol–water partition coefficient (Wildman–Crippen LogP) is 4.92. The van der Waals surface area contributed by atoms with Crippen LogP contribution in [0.15, 0.2) is 59.7 Å². The molecule has 2 aromatic heterocycles. The Morgan fingerprint density at radius 3 is 2.40 bits per heavy atom. The minimum absolute atomic E-state index is 0.0479. The van der Waals surface area contributed by atoms with Gasteiger partial charge in [-0.15, -0.1) is 0 Å². The third-order valence-corrected chi connectivity index (χ3v) is 7.89. The van der Waals surface area contributed by atoms with Crippen molar-refractivity contribution < 1.29 is 18.7 Å². The number of likely N-dealkylation sites (tertiary alicyclic amines) is 1. The predicted molar refractivity (Wildman–Crippen MR) is 161 cm³/mol. The van der Waals surface area contributed by atoms with Gasteiger partial charge in [-0.05, 0) is 77.5 Å². The lowest BCUT2D eigenvalue weighted by Gasteiger charge is -2.34. The Hall–Kier alpha value is -4.28. The van der Waals surface area contributed by atoms with Crippen LogP contribution in [0.5, 0.6) is 0 Å². The van der Waals surface area contributed by atoms with Gasteiger partial charge >= 0.3 is 6.09 Å². The number of anilines is 1. The molecule has 228 valence electrons. The van der Waals surface area contributed by atoms with Crippen LogP contribution in [0.1, 0.15) is 59.3 Å². The number of nitrogens with zero attached hydrogens (tertiary/aromatic N) is 4. The van der Waals surface area contributed by atoms with Gasteiger partial charge in [0, 0.05) is 54.6 Å². The number of benzene rings is 1. The molecule has 11 heteroatoms. The molecule has 2 aliphatic rings. The maximum Gasteiger partial charge on any atom is 0.410 e. The van der Waals surface area contributed by atoms with Crippen LogP contribution in [-0.2, 0) is 9.53 Å². The number of hydrogen-bond donors (Lipinski definition) is 2. The molecule has 1 aliphatic carbocycles. The highest BCUT2D eigenvalue weighted by Crippen LogP contribution is 2.27. The molecule has 1 aliphatic heterocycles. The number of halogens is 1. The maximum atomic E-state index is 14.8. The lowest BCUT2D eigenvalue weighted by molar-refractivity contribution is -0.127. The molecule has 1 saturated heterocycles. The van der Waals surface area contributed by atoms with Crippen LogP contribution in [0.3, 0.4) is 0 Å². The molecule has 1 saturated carbocycles. The van der Waals surface area contributed by atoms with E-state index < -0.39 is 11.4 Å². The second-order valence-electron chi connectivity index (χ2n) is 12.3. The average molecular weight is 591 g/mol. The van der Waals surface area contributed by atoms with Crippen LogP contribution in [0.2, 0.25) is 0 Å². The zero-order valence-electron chi connectivity index (χ0n) is 24.9. The van der Waals surface area contributed by atoms with Crippen LogP contribution < -0.4 is 16.2 Å². The van der Waals surface area contributed by atoms with E-state index in [2.05, 4.69) is 20.6 Å². The molecule has 10 nitrogen and oxygen atoms in total. The third-order valence-electron chi connectivity index (χ3n) is 7.89. The summed E-state index contributed by atoms with van der Waals surface area (Å²) in [6.45, 7) is 6.56. The molecular weight excluding hydrogens is 551 g/mol. The first-order chi connectivity index (χ1) is 20.6. The van der Waals surface area contributed by atoms with Gasteiger partial charge in [0.15, 0.2) is 5.82 Å². The van der Waals surface area contributed by atoms with Gasteiger partial charge in [-0.2, -0.15) is 0 Å². The number of carbonyl (C=O) groups is 2. The normalized spacial score (nSPS) is 19.5. The second-order valence-corrected chi connectivity index (χ2v) is 12.3. The summed E-state index contributed by atoms with van der Waals surface area (Å²) in [5.74, 6) is -0.277. The topological polar surface area (TPSA) is 118 Å². The Balaban J connectivity index is 1.12. The molecular formula is C32H39FN6O4. The fourth-order valence-corrected chi connectivity index (χ4v) is 5.62. The highest BCUT2D eigenvalue weighted by molar-refractivity contribution is 5.79. The van der Waals surface area contributed by atoms with Crippen molar-refractivity contribution in [3.05, 3.63) is 71.0 Å². The lowest BCUT2D eigenvalue weighted by Crippen LogP contribution is -2.47. The van der Waals surface area contributed by atoms with Crippen molar-refractivity contribution in [1.29, 1.82) is 0 Å². The highest BCUT2D eigenvalue weighted by atomic mass is 19.1. The summed E-state index contributed by atoms with van der Waals surface area (Å²) in [7, 11) is 0. The van der Waals surface area contributed by atoms with Crippen molar-refractivity contribution in [2.24, 2.45) is 5.92 Å². The average Bonchev–Trinajstić information content (AvgIpc) is 2.98. The van der Waals surface area contributed by atoms with Gasteiger partial charge < -0.3 is 20.3 Å². The van der Waals surface area contributed by atoms with Crippen molar-refractivity contribution >= 4 is 17.9 Å². The van der Waals surface area contributed by atoms with Crippen LogP contribution in [0.4, 0.5) is 15.1 Å². The summed E-state index contributed by atoms with van der Waals surface area (Å²) in [5.41, 5.74) is 0.591. The number of nitrogens with one attached hydrogen (secondary N) is 2. The molecule has 5 rings (SSSR count). The molecule has 2 fully saturated rings. The van der Waals surface area contributed by atoms with E-state index >= 15 is 0 Å². The standard InChI is InChI=1S/C32H39FN6O4/c1-32(2,3)43-31(42)38-17-14-21(15-18-38)29(41)35-23-10-12-24(13-11-23)36-30-34-20-26(33)28(37-30)22-7-6-8-25(19-22)39-16-5-4-9-27(39)40/h4-9,16,19-21,23-24H,10-15,17-18H2,1-3H3,(H,35,41)(H,34,36,37). The monoisotopic (exact) mass is 590 g/mol. The molecule has 0 radical (unpaired) electrons. The second kappa shape index (κ2) is 12.9. The van der Waals surface area contributed by atoms with Crippen molar-refractivity contribution in [2.75, 3.05) is 18.4 Å². The lowest BCUT2D eigenvalue weighted by atomic mass is 9.90. The first-order valence-electron chi connectivity index (χ1n) is 14.9. The minimum atomic E-state index is -0.550. The number of rotatable bonds is 6. The first kappa shape index (κ1) is 30.2. The number of carbonyl (C=O) groups excluding carboxylic acids is 2. The fraction of sp³-hybridized carbons (Fsp3) is 0.469. The van der Waals surface area contributed by atoms with Gasteiger partial charge in [-0.3, -0.25) is 14.2 Å². The summed E-state index contributed by atoms with van der Waals surface area (Å²) in [6.07, 6.45) is 6.98. The number of aromatic nitrogens is 3. The van der Waals surface area contributed by atoms with Gasteiger partial charge in [0.25, 0.3) is 5.56 Å². The van der Waals surface area contributed by atoms with Gasteiger partial charge in [-0.25, -0.2) is 19.2 Å². The zero-order chi connectivity index (χ0) is 30.6. The molecule has 43 heavy (non-hydrogen) atoms. The molecule has 0 spiro atoms. The Morgan fingerprint density at radius 1 is 0.977 bits per heavy atom. The third kappa shape index (κ3) is 7.77. The number of pyridine rings is 1. The van der Waals surface area contributed by atoms with E-state index in [4.69, 9.17) is 4.74 Å². The Labute approximate surface area is 250 Å². The molecule has 2 N–H and O–H groups in total. The minimum Gasteiger partial charge on any atom is -0.444 e. The van der Waals surface area contributed by atoms with Crippen LogP contribution in [-0.4, -0.2) is 62.2 Å². The van der Waals surface area contributed by atoms with E-state index in [1.54, 1.807) is 47.5 Å². The molecule has 0 atom stereocenters. The van der Waals surface area contributed by atoms with E-state index in [1.807, 2.05) is 20.8 Å². The maximum absolute atomic E-state index is 14.8. The van der Waals surface area contributed by atoms with Gasteiger partial charge in [-0.1, -0.05) is 18.2 Å². The zero-order valence-corrected chi connectivity index (χ0v) is 24.9. The van der Waals surface area contributed by atoms with Crippen LogP contribution >= 0.6 is 0 Å². The summed E-state index contributed by atoms with van der Waals surface area (Å²) in [4.78, 5) is 47.8. The Morgan fingerprint density at radius 2 is 1.70 bits per heavy atom. The molecule has 1 aromatic carbocycles. The highest BCUT2D eigenvalue weighted by Gasteiger charge is 2.31. The largest absolute Gasteiger partial charge is 0.444 e.